The molecule has 2 rings (SSSR count). The number of nitrogens with zero attached hydrogens (tertiary/aromatic N) is 1. The van der Waals surface area contributed by atoms with Crippen molar-refractivity contribution in [2.75, 3.05) is 26.0 Å². The van der Waals surface area contributed by atoms with Gasteiger partial charge in [0.05, 0.1) is 6.61 Å². The van der Waals surface area contributed by atoms with Crippen LogP contribution in [0.1, 0.15) is 40.0 Å². The highest BCUT2D eigenvalue weighted by Crippen LogP contribution is 2.31. The molecule has 2 N–H and O–H groups in total. The van der Waals surface area contributed by atoms with Gasteiger partial charge in [0, 0.05) is 25.8 Å². The fourth-order valence-electron chi connectivity index (χ4n) is 3.38. The molecule has 152 valence electrons. The minimum absolute atomic E-state index is 0.0341. The first-order chi connectivity index (χ1) is 12.7. The average Bonchev–Trinajstić information content (AvgIpc) is 2.60. The predicted octanol–water partition coefficient (Wildman–Crippen LogP) is 3.28. The molecule has 0 unspecified atom stereocenters. The van der Waals surface area contributed by atoms with E-state index < -0.39 is 10.0 Å². The first kappa shape index (κ1) is 21.5. The maximum absolute atomic E-state index is 12.6. The lowest BCUT2D eigenvalue weighted by Crippen LogP contribution is -2.45. The van der Waals surface area contributed by atoms with Gasteiger partial charge in [0.1, 0.15) is 10.6 Å². The van der Waals surface area contributed by atoms with Gasteiger partial charge in [-0.2, -0.15) is 0 Å². The average molecular weight is 398 g/mol. The Morgan fingerprint density at radius 3 is 2.59 bits per heavy atom. The van der Waals surface area contributed by atoms with Crippen molar-refractivity contribution < 1.29 is 17.9 Å². The summed E-state index contributed by atoms with van der Waals surface area (Å²) in [6, 6.07) is 4.46. The van der Waals surface area contributed by atoms with Gasteiger partial charge in [-0.3, -0.25) is 0 Å². The van der Waals surface area contributed by atoms with Crippen molar-refractivity contribution in [3.63, 3.8) is 0 Å². The number of carbonyl (C=O) groups excluding carboxylic acids is 1. The molecule has 1 saturated carbocycles. The number of urea groups is 1. The molecule has 0 aromatic heterocycles. The highest BCUT2D eigenvalue weighted by Gasteiger charge is 2.28. The van der Waals surface area contributed by atoms with Gasteiger partial charge < -0.3 is 15.4 Å². The molecule has 1 aliphatic rings. The Bertz CT molecular complexity index is 764. The normalized spacial score (nSPS) is 23.1. The van der Waals surface area contributed by atoms with Crippen molar-refractivity contribution >= 4 is 21.7 Å². The van der Waals surface area contributed by atoms with E-state index in [1.54, 1.807) is 19.1 Å². The smallest absolute Gasteiger partial charge is 0.319 e. The number of rotatable bonds is 6. The number of hydrogen-bond donors (Lipinski definition) is 2. The van der Waals surface area contributed by atoms with Gasteiger partial charge >= 0.3 is 6.03 Å². The Balaban J connectivity index is 2.17. The van der Waals surface area contributed by atoms with Crippen LogP contribution in [0.15, 0.2) is 23.1 Å². The molecule has 1 fully saturated rings. The molecule has 1 aromatic rings. The molecule has 0 bridgehead atoms. The van der Waals surface area contributed by atoms with Gasteiger partial charge in [0.2, 0.25) is 10.0 Å². The van der Waals surface area contributed by atoms with E-state index >= 15 is 0 Å². The van der Waals surface area contributed by atoms with Gasteiger partial charge in [-0.05, 0) is 43.4 Å². The van der Waals surface area contributed by atoms with Crippen LogP contribution in [0.4, 0.5) is 10.5 Å². The molecule has 2 amide bonds. The van der Waals surface area contributed by atoms with Crippen molar-refractivity contribution in [2.45, 2.75) is 51.0 Å². The fourth-order valence-corrected chi connectivity index (χ4v) is 4.43. The lowest BCUT2D eigenvalue weighted by Gasteiger charge is -2.34. The van der Waals surface area contributed by atoms with Crippen molar-refractivity contribution in [1.29, 1.82) is 0 Å². The molecule has 1 aliphatic carbocycles. The summed E-state index contributed by atoms with van der Waals surface area (Å²) >= 11 is 0. The molecule has 27 heavy (non-hydrogen) atoms. The van der Waals surface area contributed by atoms with Gasteiger partial charge in [-0.1, -0.05) is 26.7 Å². The lowest BCUT2D eigenvalue weighted by atomic mass is 9.78. The number of anilines is 1. The van der Waals surface area contributed by atoms with Crippen LogP contribution in [0.3, 0.4) is 0 Å². The maximum atomic E-state index is 12.6. The van der Waals surface area contributed by atoms with E-state index in [1.165, 1.54) is 26.6 Å². The summed E-state index contributed by atoms with van der Waals surface area (Å²) in [5, 5.41) is 5.78. The lowest BCUT2D eigenvalue weighted by molar-refractivity contribution is 0.201. The Kier molecular flexibility index (Phi) is 7.11. The first-order valence-electron chi connectivity index (χ1n) is 9.43. The second-order valence-electron chi connectivity index (χ2n) is 7.35. The number of nitrogens with one attached hydrogen (secondary N) is 2. The zero-order chi connectivity index (χ0) is 20.2. The molecular weight excluding hydrogens is 366 g/mol. The number of ether oxygens (including phenoxy) is 1. The second-order valence-corrected chi connectivity index (χ2v) is 9.47. The third-order valence-corrected chi connectivity index (χ3v) is 7.12. The molecule has 0 saturated heterocycles. The minimum Gasteiger partial charge on any atom is -0.492 e. The topological polar surface area (TPSA) is 87.7 Å². The van der Waals surface area contributed by atoms with Gasteiger partial charge in [0.15, 0.2) is 0 Å². The molecule has 0 spiro atoms. The number of amides is 2. The van der Waals surface area contributed by atoms with Crippen molar-refractivity contribution in [3.8, 4) is 5.75 Å². The summed E-state index contributed by atoms with van der Waals surface area (Å²) < 4.78 is 31.7. The molecular formula is C19H31N3O4S. The van der Waals surface area contributed by atoms with E-state index in [4.69, 9.17) is 4.74 Å². The molecule has 0 aliphatic heterocycles. The Hall–Kier alpha value is -1.80. The summed E-state index contributed by atoms with van der Waals surface area (Å²) in [6.07, 6.45) is 3.25. The second kappa shape index (κ2) is 8.93. The Morgan fingerprint density at radius 1 is 1.26 bits per heavy atom. The van der Waals surface area contributed by atoms with E-state index in [0.29, 0.717) is 24.1 Å². The fraction of sp³-hybridized carbons (Fsp3) is 0.632. The maximum Gasteiger partial charge on any atom is 0.319 e. The van der Waals surface area contributed by atoms with Crippen LogP contribution in [0.5, 0.6) is 5.75 Å². The molecule has 1 aromatic carbocycles. The van der Waals surface area contributed by atoms with Crippen LogP contribution in [0.25, 0.3) is 0 Å². The van der Waals surface area contributed by atoms with Crippen LogP contribution in [0, 0.1) is 11.8 Å². The number of hydrogen-bond acceptors (Lipinski definition) is 4. The largest absolute Gasteiger partial charge is 0.492 e. The molecule has 0 heterocycles. The Labute approximate surface area is 162 Å². The van der Waals surface area contributed by atoms with E-state index in [9.17, 15) is 13.2 Å². The van der Waals surface area contributed by atoms with Crippen LogP contribution in [0.2, 0.25) is 0 Å². The zero-order valence-corrected chi connectivity index (χ0v) is 17.6. The summed E-state index contributed by atoms with van der Waals surface area (Å²) in [5.41, 5.74) is 0.410. The highest BCUT2D eigenvalue weighted by atomic mass is 32.2. The standard InChI is InChI=1S/C19H31N3O4S/c1-6-26-17-11-10-15(12-18(17)27(24,25)22(4)5)20-19(23)21-16-9-7-8-13(2)14(16)3/h10-14,16H,6-9H2,1-5H3,(H2,20,21,23)/t13-,14-,16-/m1/s1. The highest BCUT2D eigenvalue weighted by molar-refractivity contribution is 7.89. The third kappa shape index (κ3) is 5.13. The van der Waals surface area contributed by atoms with Crippen molar-refractivity contribution in [2.24, 2.45) is 11.8 Å². The number of carbonyl (C=O) groups is 1. The molecule has 7 nitrogen and oxygen atoms in total. The monoisotopic (exact) mass is 397 g/mol. The summed E-state index contributed by atoms with van der Waals surface area (Å²) in [5.74, 6) is 1.26. The summed E-state index contributed by atoms with van der Waals surface area (Å²) in [4.78, 5) is 12.5. The predicted molar refractivity (Wildman–Crippen MR) is 107 cm³/mol. The van der Waals surface area contributed by atoms with Crippen molar-refractivity contribution in [1.82, 2.24) is 9.62 Å². The van der Waals surface area contributed by atoms with E-state index in [1.807, 2.05) is 0 Å². The number of sulfonamides is 1. The summed E-state index contributed by atoms with van der Waals surface area (Å²) in [6.45, 7) is 6.51. The van der Waals surface area contributed by atoms with E-state index in [0.717, 1.165) is 17.1 Å². The SMILES string of the molecule is CCOc1ccc(NC(=O)N[C@@H]2CCC[C@@H](C)[C@H]2C)cc1S(=O)(=O)N(C)C. The molecule has 3 atom stereocenters. The van der Waals surface area contributed by atoms with Crippen molar-refractivity contribution in [3.05, 3.63) is 18.2 Å². The van der Waals surface area contributed by atoms with Crippen LogP contribution < -0.4 is 15.4 Å². The van der Waals surface area contributed by atoms with Gasteiger partial charge in [-0.15, -0.1) is 0 Å². The molecule has 8 heteroatoms. The van der Waals surface area contributed by atoms with Gasteiger partial charge in [-0.25, -0.2) is 17.5 Å². The first-order valence-corrected chi connectivity index (χ1v) is 10.9. The van der Waals surface area contributed by atoms with Gasteiger partial charge in [0.25, 0.3) is 0 Å². The molecule has 0 radical (unpaired) electrons. The Morgan fingerprint density at radius 2 is 1.96 bits per heavy atom. The van der Waals surface area contributed by atoms with Crippen LogP contribution in [-0.2, 0) is 10.0 Å². The van der Waals surface area contributed by atoms with E-state index in [2.05, 4.69) is 24.5 Å². The quantitative estimate of drug-likeness (QED) is 0.771. The zero-order valence-electron chi connectivity index (χ0n) is 16.8. The van der Waals surface area contributed by atoms with Crippen LogP contribution >= 0.6 is 0 Å². The minimum atomic E-state index is -3.69. The third-order valence-electron chi connectivity index (χ3n) is 5.28. The number of benzene rings is 1. The van der Waals surface area contributed by atoms with E-state index in [-0.39, 0.29) is 22.7 Å². The summed E-state index contributed by atoms with van der Waals surface area (Å²) in [7, 11) is -0.771. The van der Waals surface area contributed by atoms with Crippen LogP contribution in [-0.4, -0.2) is 45.5 Å².